The Kier molecular flexibility index (Phi) is 9.49. The van der Waals surface area contributed by atoms with Gasteiger partial charge in [0.1, 0.15) is 5.58 Å². The largest absolute Gasteiger partial charge is 0.454 e. The number of rotatable bonds is 7. The molecule has 0 bridgehead atoms. The van der Waals surface area contributed by atoms with Gasteiger partial charge in [-0.05, 0) is 140 Å². The molecule has 0 N–H and O–H groups in total. The second kappa shape index (κ2) is 16.6. The minimum atomic E-state index is -0.535. The van der Waals surface area contributed by atoms with Gasteiger partial charge in [-0.25, -0.2) is 0 Å². The Bertz CT molecular complexity index is 4150. The van der Waals surface area contributed by atoms with Crippen LogP contribution in [0, 0.1) is 5.92 Å². The van der Waals surface area contributed by atoms with Crippen LogP contribution >= 0.6 is 0 Å². The smallest absolute Gasteiger partial charge is 0.159 e. The first-order valence-corrected chi connectivity index (χ1v) is 25.8. The van der Waals surface area contributed by atoms with E-state index in [4.69, 9.17) is 4.42 Å². The molecular formula is C70H49N3O. The summed E-state index contributed by atoms with van der Waals surface area (Å²) in [5.41, 5.74) is 17.7. The maximum atomic E-state index is 7.22. The number of fused-ring (bicyclic) bond motifs is 14. The number of benzene rings is 11. The van der Waals surface area contributed by atoms with Crippen molar-refractivity contribution in [1.82, 2.24) is 0 Å². The van der Waals surface area contributed by atoms with E-state index in [0.29, 0.717) is 0 Å². The highest BCUT2D eigenvalue weighted by molar-refractivity contribution is 6.11. The first kappa shape index (κ1) is 42.3. The van der Waals surface area contributed by atoms with Gasteiger partial charge in [0.15, 0.2) is 5.58 Å². The molecule has 12 aromatic rings. The maximum absolute atomic E-state index is 7.22. The Morgan fingerprint density at radius 3 is 1.69 bits per heavy atom. The molecule has 0 saturated heterocycles. The van der Waals surface area contributed by atoms with Crippen LogP contribution in [0.25, 0.3) is 54.6 Å². The van der Waals surface area contributed by atoms with Crippen molar-refractivity contribution >= 4 is 89.0 Å². The normalized spacial score (nSPS) is 15.9. The van der Waals surface area contributed by atoms with Crippen LogP contribution in [0.4, 0.5) is 45.5 Å². The predicted molar refractivity (Wildman–Crippen MR) is 309 cm³/mol. The Hall–Kier alpha value is -9.38. The predicted octanol–water partition coefficient (Wildman–Crippen LogP) is 18.8. The lowest BCUT2D eigenvalue weighted by Gasteiger charge is -2.45. The molecule has 0 saturated carbocycles. The SMILES string of the molecule is CC1C=CC=CC1N(c1ccc2c(c1)-c1ccccc1C21c2ccccc2N(c2ccccc2)c2ccccc21)c1ccc2c(c1)oc1c(N(c3ccc4ccccc4c3)c3ccc4ccccc4c3)cccc12. The highest BCUT2D eigenvalue weighted by atomic mass is 16.3. The lowest BCUT2D eigenvalue weighted by atomic mass is 9.64. The molecule has 4 nitrogen and oxygen atoms in total. The van der Waals surface area contributed by atoms with Crippen LogP contribution in [0.15, 0.2) is 271 Å². The average Bonchev–Trinajstić information content (AvgIpc) is 4.09. The van der Waals surface area contributed by atoms with Gasteiger partial charge in [-0.3, -0.25) is 0 Å². The average molecular weight is 948 g/mol. The van der Waals surface area contributed by atoms with Gasteiger partial charge in [0, 0.05) is 45.3 Å². The molecule has 3 aliphatic rings. The number of anilines is 8. The van der Waals surface area contributed by atoms with E-state index in [1.54, 1.807) is 0 Å². The lowest BCUT2D eigenvalue weighted by Crippen LogP contribution is -2.36. The van der Waals surface area contributed by atoms with Gasteiger partial charge >= 0.3 is 0 Å². The van der Waals surface area contributed by atoms with Gasteiger partial charge in [0.25, 0.3) is 0 Å². The third kappa shape index (κ3) is 6.28. The Labute approximate surface area is 430 Å². The first-order chi connectivity index (χ1) is 36.6. The van der Waals surface area contributed by atoms with Gasteiger partial charge < -0.3 is 19.1 Å². The van der Waals surface area contributed by atoms with E-state index >= 15 is 0 Å². The number of hydrogen-bond acceptors (Lipinski definition) is 4. The lowest BCUT2D eigenvalue weighted by molar-refractivity contribution is 0.609. The molecule has 2 aliphatic carbocycles. The van der Waals surface area contributed by atoms with Crippen LogP contribution in [0.1, 0.15) is 29.2 Å². The Morgan fingerprint density at radius 2 is 0.986 bits per heavy atom. The highest BCUT2D eigenvalue weighted by Gasteiger charge is 2.51. The molecular weight excluding hydrogens is 899 g/mol. The molecule has 1 aliphatic heterocycles. The molecule has 1 spiro atoms. The van der Waals surface area contributed by atoms with E-state index < -0.39 is 5.41 Å². The topological polar surface area (TPSA) is 22.9 Å². The Balaban J connectivity index is 0.903. The van der Waals surface area contributed by atoms with Crippen molar-refractivity contribution < 1.29 is 4.42 Å². The third-order valence-electron chi connectivity index (χ3n) is 16.1. The second-order valence-electron chi connectivity index (χ2n) is 20.1. The number of allylic oxidation sites excluding steroid dienone is 2. The second-order valence-corrected chi connectivity index (χ2v) is 20.1. The summed E-state index contributed by atoms with van der Waals surface area (Å²) in [5, 5.41) is 6.95. The number of furan rings is 1. The van der Waals surface area contributed by atoms with Crippen molar-refractivity contribution in [3.8, 4) is 11.1 Å². The number of nitrogens with zero attached hydrogens (tertiary/aromatic N) is 3. The number of hydrogen-bond donors (Lipinski definition) is 0. The summed E-state index contributed by atoms with van der Waals surface area (Å²) < 4.78 is 7.22. The van der Waals surface area contributed by atoms with Crippen molar-refractivity contribution in [2.45, 2.75) is 18.4 Å². The van der Waals surface area contributed by atoms with Gasteiger partial charge in [0.05, 0.1) is 28.5 Å². The molecule has 11 aromatic carbocycles. The molecule has 15 rings (SSSR count). The summed E-state index contributed by atoms with van der Waals surface area (Å²) in [6, 6.07) is 89.3. The summed E-state index contributed by atoms with van der Waals surface area (Å²) >= 11 is 0. The van der Waals surface area contributed by atoms with Gasteiger partial charge in [-0.15, -0.1) is 0 Å². The van der Waals surface area contributed by atoms with Crippen molar-refractivity contribution in [2.24, 2.45) is 5.92 Å². The molecule has 1 aromatic heterocycles. The fourth-order valence-electron chi connectivity index (χ4n) is 12.8. The molecule has 0 amide bonds. The zero-order valence-corrected chi connectivity index (χ0v) is 40.8. The third-order valence-corrected chi connectivity index (χ3v) is 16.1. The van der Waals surface area contributed by atoms with E-state index in [1.165, 1.54) is 66.3 Å². The minimum Gasteiger partial charge on any atom is -0.454 e. The molecule has 350 valence electrons. The van der Waals surface area contributed by atoms with Crippen LogP contribution in [0.5, 0.6) is 0 Å². The van der Waals surface area contributed by atoms with Crippen LogP contribution in [0.2, 0.25) is 0 Å². The summed E-state index contributed by atoms with van der Waals surface area (Å²) in [6.45, 7) is 2.32. The van der Waals surface area contributed by atoms with Crippen LogP contribution < -0.4 is 14.7 Å². The van der Waals surface area contributed by atoms with Crippen molar-refractivity contribution in [3.05, 3.63) is 289 Å². The van der Waals surface area contributed by atoms with Gasteiger partial charge in [-0.2, -0.15) is 0 Å². The zero-order chi connectivity index (χ0) is 48.9. The molecule has 2 unspecified atom stereocenters. The van der Waals surface area contributed by atoms with Crippen LogP contribution in [0.3, 0.4) is 0 Å². The molecule has 2 atom stereocenters. The van der Waals surface area contributed by atoms with E-state index in [0.717, 1.165) is 56.1 Å². The zero-order valence-electron chi connectivity index (χ0n) is 40.8. The summed E-state index contributed by atoms with van der Waals surface area (Å²) in [7, 11) is 0. The van der Waals surface area contributed by atoms with Crippen molar-refractivity contribution in [3.63, 3.8) is 0 Å². The molecule has 0 radical (unpaired) electrons. The number of para-hydroxylation sites is 4. The summed E-state index contributed by atoms with van der Waals surface area (Å²) in [5.74, 6) is 0.239. The Morgan fingerprint density at radius 1 is 0.419 bits per heavy atom. The standard InChI is InChI=1S/C70H49N3O/c1-46-18-5-14-30-64(46)71(54-39-41-61-59(44-54)56-25-10-11-27-60(56)70(61)62-28-12-15-31-65(62)73(51-23-3-2-4-24-51)66-32-16-13-29-63(66)70)55-38-40-57-58-26-17-33-67(69(58)74-68(57)45-55)72(52-36-34-47-19-6-8-21-49(47)42-52)53-37-35-48-20-7-9-22-50(48)43-53/h2-46,64H,1H3. The van der Waals surface area contributed by atoms with E-state index in [9.17, 15) is 0 Å². The fourth-order valence-corrected chi connectivity index (χ4v) is 12.8. The highest BCUT2D eigenvalue weighted by Crippen LogP contribution is 2.64. The molecule has 2 heterocycles. The van der Waals surface area contributed by atoms with Gasteiger partial charge in [0.2, 0.25) is 0 Å². The maximum Gasteiger partial charge on any atom is 0.159 e. The summed E-state index contributed by atoms with van der Waals surface area (Å²) in [6.07, 6.45) is 9.05. The van der Waals surface area contributed by atoms with E-state index in [1.807, 2.05) is 0 Å². The van der Waals surface area contributed by atoms with E-state index in [-0.39, 0.29) is 12.0 Å². The van der Waals surface area contributed by atoms with Crippen molar-refractivity contribution in [1.29, 1.82) is 0 Å². The molecule has 74 heavy (non-hydrogen) atoms. The molecule has 0 fully saturated rings. The van der Waals surface area contributed by atoms with E-state index in [2.05, 4.69) is 289 Å². The summed E-state index contributed by atoms with van der Waals surface area (Å²) in [4.78, 5) is 7.33. The van der Waals surface area contributed by atoms with Crippen LogP contribution in [-0.4, -0.2) is 6.04 Å². The monoisotopic (exact) mass is 947 g/mol. The fraction of sp³-hybridized carbons (Fsp3) is 0.0571. The molecule has 4 heteroatoms. The van der Waals surface area contributed by atoms with Crippen LogP contribution in [-0.2, 0) is 5.41 Å². The van der Waals surface area contributed by atoms with Gasteiger partial charge in [-0.1, -0.05) is 189 Å². The quantitative estimate of drug-likeness (QED) is 0.159. The minimum absolute atomic E-state index is 0.0490. The first-order valence-electron chi connectivity index (χ1n) is 25.8. The van der Waals surface area contributed by atoms with Crippen molar-refractivity contribution in [2.75, 3.05) is 14.7 Å².